The Kier molecular flexibility index (Phi) is 7.38. The molecule has 0 aromatic carbocycles. The van der Waals surface area contributed by atoms with Gasteiger partial charge in [0.25, 0.3) is 0 Å². The summed E-state index contributed by atoms with van der Waals surface area (Å²) in [5.41, 5.74) is 0. The normalized spacial score (nSPS) is 15.5. The maximum Gasteiger partial charge on any atom is -0.0170 e. The lowest BCUT2D eigenvalue weighted by molar-refractivity contribution is 0.436. The molecule has 0 bridgehead atoms. The van der Waals surface area contributed by atoms with Gasteiger partial charge in [0.1, 0.15) is 0 Å². The van der Waals surface area contributed by atoms with Gasteiger partial charge >= 0.3 is 0 Å². The number of hydrogen-bond donors (Lipinski definition) is 0. The van der Waals surface area contributed by atoms with E-state index in [1.54, 1.807) is 0 Å². The lowest BCUT2D eigenvalue weighted by atomic mass is 9.88. The molecule has 0 spiro atoms. The van der Waals surface area contributed by atoms with Crippen LogP contribution in [0.4, 0.5) is 0 Å². The highest BCUT2D eigenvalue weighted by molar-refractivity contribution is 4.94. The summed E-state index contributed by atoms with van der Waals surface area (Å²) < 4.78 is 0. The summed E-state index contributed by atoms with van der Waals surface area (Å²) in [6, 6.07) is 0. The zero-order valence-corrected chi connectivity index (χ0v) is 9.00. The maximum absolute atomic E-state index is 3.79. The van der Waals surface area contributed by atoms with Crippen molar-refractivity contribution >= 4 is 0 Å². The van der Waals surface area contributed by atoms with Crippen molar-refractivity contribution in [2.75, 3.05) is 0 Å². The molecule has 0 rings (SSSR count). The van der Waals surface area contributed by atoms with Crippen LogP contribution < -0.4 is 0 Å². The van der Waals surface area contributed by atoms with E-state index in [1.165, 1.54) is 0 Å². The van der Waals surface area contributed by atoms with Crippen LogP contribution in [0.5, 0.6) is 0 Å². The highest BCUT2D eigenvalue weighted by atomic mass is 14.2. The van der Waals surface area contributed by atoms with Gasteiger partial charge in [-0.25, -0.2) is 0 Å². The molecule has 0 aliphatic heterocycles. The summed E-state index contributed by atoms with van der Waals surface area (Å²) in [5.74, 6) is 1.31. The summed E-state index contributed by atoms with van der Waals surface area (Å²) in [5, 5.41) is 0. The topological polar surface area (TPSA) is 0 Å². The molecule has 0 nitrogen and oxygen atoms in total. The van der Waals surface area contributed by atoms with Crippen LogP contribution in [0.2, 0.25) is 0 Å². The van der Waals surface area contributed by atoms with Gasteiger partial charge in [-0.15, -0.1) is 13.2 Å². The number of allylic oxidation sites excluding steroid dienone is 4. The average molecular weight is 178 g/mol. The summed E-state index contributed by atoms with van der Waals surface area (Å²) in [7, 11) is 0. The fourth-order valence-electron chi connectivity index (χ4n) is 1.44. The molecule has 0 amide bonds. The third kappa shape index (κ3) is 5.46. The van der Waals surface area contributed by atoms with Crippen LogP contribution in [-0.2, 0) is 0 Å². The first-order valence-corrected chi connectivity index (χ1v) is 5.14. The van der Waals surface area contributed by atoms with E-state index in [4.69, 9.17) is 0 Å². The summed E-state index contributed by atoms with van der Waals surface area (Å²) in [4.78, 5) is 0. The van der Waals surface area contributed by atoms with Crippen molar-refractivity contribution in [1.29, 1.82) is 0 Å². The van der Waals surface area contributed by atoms with Gasteiger partial charge in [0.2, 0.25) is 0 Å². The second-order valence-corrected chi connectivity index (χ2v) is 3.53. The van der Waals surface area contributed by atoms with E-state index < -0.39 is 0 Å². The van der Waals surface area contributed by atoms with Gasteiger partial charge in [-0.2, -0.15) is 0 Å². The van der Waals surface area contributed by atoms with Gasteiger partial charge in [-0.3, -0.25) is 0 Å². The van der Waals surface area contributed by atoms with Gasteiger partial charge in [-0.1, -0.05) is 38.2 Å². The van der Waals surface area contributed by atoms with E-state index in [0.29, 0.717) is 11.8 Å². The van der Waals surface area contributed by atoms with E-state index in [1.807, 2.05) is 12.2 Å². The van der Waals surface area contributed by atoms with Crippen LogP contribution in [0.3, 0.4) is 0 Å². The lowest BCUT2D eigenvalue weighted by Crippen LogP contribution is -2.07. The van der Waals surface area contributed by atoms with Gasteiger partial charge < -0.3 is 0 Å². The average Bonchev–Trinajstić information content (AvgIpc) is 2.12. The Hall–Kier alpha value is -0.780. The van der Waals surface area contributed by atoms with Crippen LogP contribution in [-0.4, -0.2) is 0 Å². The van der Waals surface area contributed by atoms with Gasteiger partial charge in [-0.05, 0) is 31.1 Å². The molecular formula is C13H22. The Bertz CT molecular complexity index is 165. The molecule has 0 saturated carbocycles. The fourth-order valence-corrected chi connectivity index (χ4v) is 1.44. The molecule has 13 heavy (non-hydrogen) atoms. The van der Waals surface area contributed by atoms with E-state index in [0.717, 1.165) is 19.3 Å². The Labute approximate surface area is 83.0 Å². The lowest BCUT2D eigenvalue weighted by Gasteiger charge is -2.17. The molecule has 0 aromatic rings. The first-order valence-electron chi connectivity index (χ1n) is 5.14. The predicted octanol–water partition coefficient (Wildman–Crippen LogP) is 4.36. The highest BCUT2D eigenvalue weighted by Crippen LogP contribution is 2.21. The summed E-state index contributed by atoms with van der Waals surface area (Å²) >= 11 is 0. The number of rotatable bonds is 7. The minimum Gasteiger partial charge on any atom is -0.103 e. The second kappa shape index (κ2) is 7.85. The van der Waals surface area contributed by atoms with Crippen LogP contribution in [0.25, 0.3) is 0 Å². The predicted molar refractivity (Wildman–Crippen MR) is 61.7 cm³/mol. The largest absolute Gasteiger partial charge is 0.103 e. The van der Waals surface area contributed by atoms with E-state index >= 15 is 0 Å². The van der Waals surface area contributed by atoms with Crippen molar-refractivity contribution < 1.29 is 0 Å². The maximum atomic E-state index is 3.79. The zero-order chi connectivity index (χ0) is 10.1. The van der Waals surface area contributed by atoms with E-state index in [-0.39, 0.29) is 0 Å². The standard InChI is InChI=1S/C13H22/c1-5-8-11-13(10-7-3)12(4)9-6-2/h6-8,11-13H,2-3,5,9-10H2,1,4H3. The van der Waals surface area contributed by atoms with Crippen molar-refractivity contribution in [2.24, 2.45) is 11.8 Å². The van der Waals surface area contributed by atoms with Crippen LogP contribution in [0.15, 0.2) is 37.5 Å². The molecule has 0 aliphatic carbocycles. The molecule has 0 radical (unpaired) electrons. The quantitative estimate of drug-likeness (QED) is 0.508. The molecule has 0 heteroatoms. The van der Waals surface area contributed by atoms with Gasteiger partial charge in [0.05, 0.1) is 0 Å². The highest BCUT2D eigenvalue weighted by Gasteiger charge is 2.10. The molecule has 2 unspecified atom stereocenters. The molecule has 2 atom stereocenters. The van der Waals surface area contributed by atoms with E-state index in [9.17, 15) is 0 Å². The Morgan fingerprint density at radius 1 is 1.15 bits per heavy atom. The van der Waals surface area contributed by atoms with Crippen LogP contribution in [0, 0.1) is 11.8 Å². The minimum atomic E-state index is 0.635. The first-order chi connectivity index (χ1) is 6.26. The van der Waals surface area contributed by atoms with Crippen molar-refractivity contribution in [3.05, 3.63) is 37.5 Å². The summed E-state index contributed by atoms with van der Waals surface area (Å²) in [6.07, 6.45) is 11.8. The molecule has 0 fully saturated rings. The molecule has 0 saturated heterocycles. The van der Waals surface area contributed by atoms with Crippen molar-refractivity contribution in [3.63, 3.8) is 0 Å². The van der Waals surface area contributed by atoms with Crippen LogP contribution >= 0.6 is 0 Å². The molecular weight excluding hydrogens is 156 g/mol. The molecule has 0 N–H and O–H groups in total. The Morgan fingerprint density at radius 2 is 1.77 bits per heavy atom. The van der Waals surface area contributed by atoms with Gasteiger partial charge in [0.15, 0.2) is 0 Å². The van der Waals surface area contributed by atoms with E-state index in [2.05, 4.69) is 39.2 Å². The second-order valence-electron chi connectivity index (χ2n) is 3.53. The molecule has 0 heterocycles. The minimum absolute atomic E-state index is 0.635. The zero-order valence-electron chi connectivity index (χ0n) is 9.00. The fraction of sp³-hybridized carbons (Fsp3) is 0.538. The Morgan fingerprint density at radius 3 is 2.23 bits per heavy atom. The molecule has 0 aromatic heterocycles. The van der Waals surface area contributed by atoms with Gasteiger partial charge in [0, 0.05) is 0 Å². The molecule has 74 valence electrons. The molecule has 0 aliphatic rings. The SMILES string of the molecule is C=CCC(C)C(C=CCC)CC=C. The monoisotopic (exact) mass is 178 g/mol. The number of hydrogen-bond acceptors (Lipinski definition) is 0. The first kappa shape index (κ1) is 12.2. The van der Waals surface area contributed by atoms with Crippen molar-refractivity contribution in [2.45, 2.75) is 33.1 Å². The Balaban J connectivity index is 4.12. The third-order valence-corrected chi connectivity index (χ3v) is 2.33. The van der Waals surface area contributed by atoms with Crippen LogP contribution in [0.1, 0.15) is 33.1 Å². The summed E-state index contributed by atoms with van der Waals surface area (Å²) in [6.45, 7) is 12.0. The third-order valence-electron chi connectivity index (χ3n) is 2.33. The van der Waals surface area contributed by atoms with Crippen molar-refractivity contribution in [1.82, 2.24) is 0 Å². The van der Waals surface area contributed by atoms with Crippen molar-refractivity contribution in [3.8, 4) is 0 Å². The smallest absolute Gasteiger partial charge is 0.0170 e.